The van der Waals surface area contributed by atoms with Gasteiger partial charge in [0.2, 0.25) is 0 Å². The lowest BCUT2D eigenvalue weighted by atomic mass is 10.1. The number of anilines is 2. The third-order valence-corrected chi connectivity index (χ3v) is 2.72. The molecule has 0 saturated carbocycles. The van der Waals surface area contributed by atoms with Crippen molar-refractivity contribution in [1.82, 2.24) is 0 Å². The molecular weight excluding hydrogens is 226 g/mol. The summed E-state index contributed by atoms with van der Waals surface area (Å²) in [6, 6.07) is 14.7. The molecule has 0 aliphatic rings. The second-order valence-electron chi connectivity index (χ2n) is 3.96. The number of primary amides is 1. The van der Waals surface area contributed by atoms with E-state index in [9.17, 15) is 4.79 Å². The summed E-state index contributed by atoms with van der Waals surface area (Å²) in [6.07, 6.45) is 0. The van der Waals surface area contributed by atoms with E-state index in [1.807, 2.05) is 36.4 Å². The largest absolute Gasteiger partial charge is 0.398 e. The Morgan fingerprint density at radius 3 is 2.44 bits per heavy atom. The molecule has 92 valence electrons. The van der Waals surface area contributed by atoms with E-state index in [0.29, 0.717) is 17.8 Å². The van der Waals surface area contributed by atoms with Crippen molar-refractivity contribution in [3.8, 4) is 0 Å². The van der Waals surface area contributed by atoms with Crippen molar-refractivity contribution in [2.75, 3.05) is 11.1 Å². The van der Waals surface area contributed by atoms with Gasteiger partial charge in [-0.3, -0.25) is 4.79 Å². The molecule has 4 heteroatoms. The van der Waals surface area contributed by atoms with Crippen molar-refractivity contribution in [2.24, 2.45) is 5.73 Å². The van der Waals surface area contributed by atoms with Gasteiger partial charge in [0.25, 0.3) is 5.91 Å². The fraction of sp³-hybridized carbons (Fsp3) is 0.0714. The first-order chi connectivity index (χ1) is 8.68. The van der Waals surface area contributed by atoms with E-state index in [2.05, 4.69) is 5.32 Å². The number of nitrogens with one attached hydrogen (secondary N) is 1. The summed E-state index contributed by atoms with van der Waals surface area (Å²) in [5.74, 6) is -0.445. The van der Waals surface area contributed by atoms with E-state index in [1.165, 1.54) is 0 Å². The molecule has 0 fully saturated rings. The maximum Gasteiger partial charge on any atom is 0.250 e. The van der Waals surface area contributed by atoms with Crippen LogP contribution in [0.1, 0.15) is 15.9 Å². The smallest absolute Gasteiger partial charge is 0.250 e. The van der Waals surface area contributed by atoms with Crippen LogP contribution in [-0.2, 0) is 6.54 Å². The first-order valence-electron chi connectivity index (χ1n) is 5.64. The molecule has 0 aromatic heterocycles. The van der Waals surface area contributed by atoms with Gasteiger partial charge in [0.1, 0.15) is 0 Å². The highest BCUT2D eigenvalue weighted by Crippen LogP contribution is 2.17. The van der Waals surface area contributed by atoms with Crippen LogP contribution in [0, 0.1) is 0 Å². The van der Waals surface area contributed by atoms with E-state index in [-0.39, 0.29) is 0 Å². The molecule has 0 heterocycles. The Labute approximate surface area is 106 Å². The SMILES string of the molecule is NC(=O)c1ccccc1NCc1ccccc1N. The van der Waals surface area contributed by atoms with E-state index < -0.39 is 5.91 Å². The maximum absolute atomic E-state index is 11.3. The molecule has 2 aromatic rings. The number of carbonyl (C=O) groups is 1. The zero-order valence-corrected chi connectivity index (χ0v) is 9.89. The van der Waals surface area contributed by atoms with Gasteiger partial charge in [0.15, 0.2) is 0 Å². The molecule has 5 N–H and O–H groups in total. The molecule has 4 nitrogen and oxygen atoms in total. The van der Waals surface area contributed by atoms with Crippen molar-refractivity contribution in [1.29, 1.82) is 0 Å². The van der Waals surface area contributed by atoms with Crippen molar-refractivity contribution in [3.05, 3.63) is 59.7 Å². The molecule has 0 spiro atoms. The standard InChI is InChI=1S/C14H15N3O/c15-12-7-3-1-5-10(12)9-17-13-8-4-2-6-11(13)14(16)18/h1-8,17H,9,15H2,(H2,16,18). The van der Waals surface area contributed by atoms with Crippen molar-refractivity contribution in [3.63, 3.8) is 0 Å². The van der Waals surface area contributed by atoms with Gasteiger partial charge in [-0.2, -0.15) is 0 Å². The summed E-state index contributed by atoms with van der Waals surface area (Å²) in [4.78, 5) is 11.3. The highest BCUT2D eigenvalue weighted by molar-refractivity contribution is 5.98. The van der Waals surface area contributed by atoms with Crippen LogP contribution >= 0.6 is 0 Å². The number of hydrogen-bond donors (Lipinski definition) is 3. The summed E-state index contributed by atoms with van der Waals surface area (Å²) in [5, 5.41) is 3.17. The van der Waals surface area contributed by atoms with E-state index >= 15 is 0 Å². The minimum atomic E-state index is -0.445. The van der Waals surface area contributed by atoms with Gasteiger partial charge >= 0.3 is 0 Å². The first kappa shape index (κ1) is 12.0. The molecule has 0 unspecified atom stereocenters. The van der Waals surface area contributed by atoms with Crippen LogP contribution in [0.25, 0.3) is 0 Å². The average molecular weight is 241 g/mol. The monoisotopic (exact) mass is 241 g/mol. The van der Waals surface area contributed by atoms with Gasteiger partial charge in [-0.15, -0.1) is 0 Å². The summed E-state index contributed by atoms with van der Waals surface area (Å²) in [5.41, 5.74) is 14.1. The quantitative estimate of drug-likeness (QED) is 0.716. The molecule has 0 saturated heterocycles. The molecule has 0 aliphatic heterocycles. The summed E-state index contributed by atoms with van der Waals surface area (Å²) >= 11 is 0. The Balaban J connectivity index is 2.16. The molecule has 2 rings (SSSR count). The first-order valence-corrected chi connectivity index (χ1v) is 5.64. The van der Waals surface area contributed by atoms with Gasteiger partial charge in [-0.05, 0) is 23.8 Å². The predicted octanol–water partition coefficient (Wildman–Crippen LogP) is 1.98. The van der Waals surface area contributed by atoms with Crippen LogP contribution in [0.5, 0.6) is 0 Å². The zero-order valence-electron chi connectivity index (χ0n) is 9.89. The molecule has 1 amide bonds. The molecule has 0 atom stereocenters. The van der Waals surface area contributed by atoms with E-state index in [0.717, 1.165) is 11.3 Å². The third kappa shape index (κ3) is 2.60. The number of nitrogens with two attached hydrogens (primary N) is 2. The number of rotatable bonds is 4. The number of carbonyl (C=O) groups excluding carboxylic acids is 1. The second-order valence-corrected chi connectivity index (χ2v) is 3.96. The van der Waals surface area contributed by atoms with Crippen molar-refractivity contribution in [2.45, 2.75) is 6.54 Å². The van der Waals surface area contributed by atoms with Crippen LogP contribution < -0.4 is 16.8 Å². The normalized spacial score (nSPS) is 10.0. The lowest BCUT2D eigenvalue weighted by molar-refractivity contribution is 0.100. The van der Waals surface area contributed by atoms with Gasteiger partial charge in [0, 0.05) is 17.9 Å². The minimum Gasteiger partial charge on any atom is -0.398 e. The minimum absolute atomic E-state index is 0.445. The van der Waals surface area contributed by atoms with Gasteiger partial charge in [-0.1, -0.05) is 30.3 Å². The van der Waals surface area contributed by atoms with Crippen LogP contribution in [0.3, 0.4) is 0 Å². The second kappa shape index (κ2) is 5.23. The Hall–Kier alpha value is -2.49. The number of para-hydroxylation sites is 2. The molecule has 0 bridgehead atoms. The van der Waals surface area contributed by atoms with Crippen LogP contribution in [0.2, 0.25) is 0 Å². The summed E-state index contributed by atoms with van der Waals surface area (Å²) < 4.78 is 0. The lowest BCUT2D eigenvalue weighted by Gasteiger charge is -2.11. The van der Waals surface area contributed by atoms with Gasteiger partial charge in [-0.25, -0.2) is 0 Å². The highest BCUT2D eigenvalue weighted by atomic mass is 16.1. The van der Waals surface area contributed by atoms with Crippen LogP contribution in [-0.4, -0.2) is 5.91 Å². The van der Waals surface area contributed by atoms with Gasteiger partial charge < -0.3 is 16.8 Å². The molecular formula is C14H15N3O. The Morgan fingerprint density at radius 2 is 1.72 bits per heavy atom. The topological polar surface area (TPSA) is 81.1 Å². The molecule has 2 aromatic carbocycles. The Kier molecular flexibility index (Phi) is 3.48. The molecule has 0 aliphatic carbocycles. The third-order valence-electron chi connectivity index (χ3n) is 2.72. The van der Waals surface area contributed by atoms with Crippen molar-refractivity contribution >= 4 is 17.3 Å². The van der Waals surface area contributed by atoms with Crippen molar-refractivity contribution < 1.29 is 4.79 Å². The number of nitrogen functional groups attached to an aromatic ring is 1. The molecule has 18 heavy (non-hydrogen) atoms. The number of benzene rings is 2. The fourth-order valence-corrected chi connectivity index (χ4v) is 1.74. The number of hydrogen-bond acceptors (Lipinski definition) is 3. The maximum atomic E-state index is 11.3. The highest BCUT2D eigenvalue weighted by Gasteiger charge is 2.06. The molecule has 0 radical (unpaired) electrons. The fourth-order valence-electron chi connectivity index (χ4n) is 1.74. The zero-order chi connectivity index (χ0) is 13.0. The van der Waals surface area contributed by atoms with Crippen LogP contribution in [0.15, 0.2) is 48.5 Å². The van der Waals surface area contributed by atoms with E-state index in [4.69, 9.17) is 11.5 Å². The number of amides is 1. The summed E-state index contributed by atoms with van der Waals surface area (Å²) in [6.45, 7) is 0.553. The Morgan fingerprint density at radius 1 is 1.06 bits per heavy atom. The predicted molar refractivity (Wildman–Crippen MR) is 73.1 cm³/mol. The summed E-state index contributed by atoms with van der Waals surface area (Å²) in [7, 11) is 0. The average Bonchev–Trinajstić information content (AvgIpc) is 2.38. The Bertz CT molecular complexity index is 566. The van der Waals surface area contributed by atoms with Gasteiger partial charge in [0.05, 0.1) is 5.56 Å². The van der Waals surface area contributed by atoms with E-state index in [1.54, 1.807) is 12.1 Å². The lowest BCUT2D eigenvalue weighted by Crippen LogP contribution is -2.14. The van der Waals surface area contributed by atoms with Crippen LogP contribution in [0.4, 0.5) is 11.4 Å².